The van der Waals surface area contributed by atoms with Crippen LogP contribution in [0.3, 0.4) is 0 Å². The number of hydrogen-bond donors (Lipinski definition) is 1. The predicted octanol–water partition coefficient (Wildman–Crippen LogP) is 1.07. The SMILES string of the molecule is COc1ccccc1C1CNCCN1C(=O)C1CC(=O)N(C)C1.Cl. The van der Waals surface area contributed by atoms with E-state index in [0.29, 0.717) is 26.1 Å². The van der Waals surface area contributed by atoms with Crippen molar-refractivity contribution in [3.8, 4) is 5.75 Å². The maximum Gasteiger partial charge on any atom is 0.228 e. The van der Waals surface area contributed by atoms with Crippen LogP contribution in [0.25, 0.3) is 0 Å². The van der Waals surface area contributed by atoms with E-state index in [1.54, 1.807) is 19.1 Å². The monoisotopic (exact) mass is 353 g/mol. The number of amides is 2. The Morgan fingerprint density at radius 1 is 1.33 bits per heavy atom. The van der Waals surface area contributed by atoms with Crippen molar-refractivity contribution in [1.29, 1.82) is 0 Å². The number of carbonyl (C=O) groups is 2. The van der Waals surface area contributed by atoms with Gasteiger partial charge in [-0.2, -0.15) is 0 Å². The van der Waals surface area contributed by atoms with Crippen LogP contribution in [-0.2, 0) is 9.59 Å². The first-order chi connectivity index (χ1) is 11.1. The Labute approximate surface area is 148 Å². The number of ether oxygens (including phenoxy) is 1. The summed E-state index contributed by atoms with van der Waals surface area (Å²) in [7, 11) is 3.40. The van der Waals surface area contributed by atoms with Gasteiger partial charge in [-0.3, -0.25) is 9.59 Å². The molecule has 1 aromatic rings. The van der Waals surface area contributed by atoms with Crippen molar-refractivity contribution in [1.82, 2.24) is 15.1 Å². The molecule has 2 fully saturated rings. The van der Waals surface area contributed by atoms with Crippen molar-refractivity contribution in [2.45, 2.75) is 12.5 Å². The number of halogens is 1. The summed E-state index contributed by atoms with van der Waals surface area (Å²) in [5, 5.41) is 3.35. The minimum absolute atomic E-state index is 0. The van der Waals surface area contributed by atoms with Gasteiger partial charge in [0.05, 0.1) is 19.1 Å². The van der Waals surface area contributed by atoms with Crippen LogP contribution in [0.5, 0.6) is 5.75 Å². The van der Waals surface area contributed by atoms with Gasteiger partial charge in [0, 0.05) is 45.2 Å². The molecule has 7 heteroatoms. The minimum Gasteiger partial charge on any atom is -0.496 e. The van der Waals surface area contributed by atoms with E-state index in [0.717, 1.165) is 17.9 Å². The van der Waals surface area contributed by atoms with Crippen LogP contribution in [0.15, 0.2) is 24.3 Å². The van der Waals surface area contributed by atoms with Gasteiger partial charge in [-0.05, 0) is 6.07 Å². The highest BCUT2D eigenvalue weighted by Crippen LogP contribution is 2.32. The van der Waals surface area contributed by atoms with Gasteiger partial charge in [0.25, 0.3) is 0 Å². The van der Waals surface area contributed by atoms with Gasteiger partial charge in [-0.25, -0.2) is 0 Å². The molecule has 0 aromatic heterocycles. The Hall–Kier alpha value is -1.79. The summed E-state index contributed by atoms with van der Waals surface area (Å²) < 4.78 is 5.46. The van der Waals surface area contributed by atoms with Gasteiger partial charge in [-0.15, -0.1) is 12.4 Å². The van der Waals surface area contributed by atoms with Crippen LogP contribution in [0.4, 0.5) is 0 Å². The van der Waals surface area contributed by atoms with Gasteiger partial charge in [0.2, 0.25) is 11.8 Å². The molecule has 2 heterocycles. The molecule has 0 bridgehead atoms. The quantitative estimate of drug-likeness (QED) is 0.883. The van der Waals surface area contributed by atoms with Crippen molar-refractivity contribution in [3.63, 3.8) is 0 Å². The molecule has 0 spiro atoms. The molecule has 132 valence electrons. The number of likely N-dealkylation sites (tertiary alicyclic amines) is 1. The zero-order chi connectivity index (χ0) is 16.4. The molecule has 2 aliphatic heterocycles. The fourth-order valence-electron chi connectivity index (χ4n) is 3.45. The maximum absolute atomic E-state index is 13.0. The highest BCUT2D eigenvalue weighted by molar-refractivity contribution is 5.89. The van der Waals surface area contributed by atoms with Crippen molar-refractivity contribution in [2.75, 3.05) is 40.3 Å². The maximum atomic E-state index is 13.0. The van der Waals surface area contributed by atoms with Crippen LogP contribution < -0.4 is 10.1 Å². The lowest BCUT2D eigenvalue weighted by Gasteiger charge is -2.38. The molecule has 2 saturated heterocycles. The largest absolute Gasteiger partial charge is 0.496 e. The molecule has 0 radical (unpaired) electrons. The van der Waals surface area contributed by atoms with E-state index in [9.17, 15) is 9.59 Å². The lowest BCUT2D eigenvalue weighted by atomic mass is 9.99. The Kier molecular flexibility index (Phi) is 6.07. The molecule has 0 saturated carbocycles. The Bertz CT molecular complexity index is 610. The second-order valence-electron chi connectivity index (χ2n) is 6.17. The van der Waals surface area contributed by atoms with Crippen molar-refractivity contribution >= 4 is 24.2 Å². The van der Waals surface area contributed by atoms with Crippen molar-refractivity contribution in [2.24, 2.45) is 5.92 Å². The summed E-state index contributed by atoms with van der Waals surface area (Å²) in [5.41, 5.74) is 1.01. The number of para-hydroxylation sites is 1. The van der Waals surface area contributed by atoms with E-state index in [-0.39, 0.29) is 36.2 Å². The molecule has 1 aromatic carbocycles. The van der Waals surface area contributed by atoms with Gasteiger partial charge in [0.15, 0.2) is 0 Å². The molecule has 3 rings (SSSR count). The fourth-order valence-corrected chi connectivity index (χ4v) is 3.45. The molecule has 24 heavy (non-hydrogen) atoms. The number of carbonyl (C=O) groups excluding carboxylic acids is 2. The topological polar surface area (TPSA) is 61.9 Å². The summed E-state index contributed by atoms with van der Waals surface area (Å²) in [6, 6.07) is 7.74. The minimum atomic E-state index is -0.234. The third kappa shape index (κ3) is 3.49. The number of rotatable bonds is 3. The first-order valence-electron chi connectivity index (χ1n) is 8.00. The highest BCUT2D eigenvalue weighted by Gasteiger charge is 2.38. The third-order valence-corrected chi connectivity index (χ3v) is 4.71. The summed E-state index contributed by atoms with van der Waals surface area (Å²) in [4.78, 5) is 28.2. The normalized spacial score (nSPS) is 23.8. The van der Waals surface area contributed by atoms with Gasteiger partial charge >= 0.3 is 0 Å². The van der Waals surface area contributed by atoms with E-state index < -0.39 is 0 Å². The van der Waals surface area contributed by atoms with Crippen molar-refractivity contribution < 1.29 is 14.3 Å². The second-order valence-corrected chi connectivity index (χ2v) is 6.17. The smallest absolute Gasteiger partial charge is 0.228 e. The second kappa shape index (κ2) is 7.85. The summed E-state index contributed by atoms with van der Waals surface area (Å²) >= 11 is 0. The fraction of sp³-hybridized carbons (Fsp3) is 0.529. The zero-order valence-electron chi connectivity index (χ0n) is 14.0. The molecule has 2 amide bonds. The lowest BCUT2D eigenvalue weighted by Crippen LogP contribution is -2.50. The number of benzene rings is 1. The van der Waals surface area contributed by atoms with E-state index in [1.165, 1.54) is 0 Å². The van der Waals surface area contributed by atoms with Crippen LogP contribution in [-0.4, -0.2) is 62.0 Å². The Balaban J connectivity index is 0.00000208. The van der Waals surface area contributed by atoms with Gasteiger partial charge in [-0.1, -0.05) is 18.2 Å². The summed E-state index contributed by atoms with van der Waals surface area (Å²) in [6.07, 6.45) is 0.317. The predicted molar refractivity (Wildman–Crippen MR) is 93.3 cm³/mol. The lowest BCUT2D eigenvalue weighted by molar-refractivity contribution is -0.139. The number of nitrogens with zero attached hydrogens (tertiary/aromatic N) is 2. The zero-order valence-corrected chi connectivity index (χ0v) is 14.8. The van der Waals surface area contributed by atoms with Crippen LogP contribution >= 0.6 is 12.4 Å². The van der Waals surface area contributed by atoms with E-state index in [4.69, 9.17) is 4.74 Å². The molecular weight excluding hydrogens is 330 g/mol. The molecule has 0 aliphatic carbocycles. The number of methoxy groups -OCH3 is 1. The van der Waals surface area contributed by atoms with Crippen LogP contribution in [0.2, 0.25) is 0 Å². The van der Waals surface area contributed by atoms with E-state index in [2.05, 4.69) is 5.32 Å². The molecule has 2 unspecified atom stereocenters. The molecule has 2 atom stereocenters. The Morgan fingerprint density at radius 2 is 2.08 bits per heavy atom. The standard InChI is InChI=1S/C17H23N3O3.ClH/c1-19-11-12(9-16(19)21)17(22)20-8-7-18-10-14(20)13-5-3-4-6-15(13)23-2;/h3-6,12,14,18H,7-11H2,1-2H3;1H. The number of hydrogen-bond acceptors (Lipinski definition) is 4. The molecule has 1 N–H and O–H groups in total. The van der Waals surface area contributed by atoms with Crippen LogP contribution in [0, 0.1) is 5.92 Å². The Morgan fingerprint density at radius 3 is 2.75 bits per heavy atom. The first kappa shape index (κ1) is 18.5. The third-order valence-electron chi connectivity index (χ3n) is 4.71. The highest BCUT2D eigenvalue weighted by atomic mass is 35.5. The molecule has 2 aliphatic rings. The summed E-state index contributed by atoms with van der Waals surface area (Å²) in [6.45, 7) is 2.63. The molecular formula is C17H24ClN3O3. The van der Waals surface area contributed by atoms with Gasteiger partial charge in [0.1, 0.15) is 5.75 Å². The van der Waals surface area contributed by atoms with E-state index >= 15 is 0 Å². The average Bonchev–Trinajstić information content (AvgIpc) is 2.93. The number of piperazine rings is 1. The van der Waals surface area contributed by atoms with Crippen LogP contribution in [0.1, 0.15) is 18.0 Å². The van der Waals surface area contributed by atoms with E-state index in [1.807, 2.05) is 29.2 Å². The summed E-state index contributed by atoms with van der Waals surface area (Å²) in [5.74, 6) is 0.675. The molecule has 6 nitrogen and oxygen atoms in total. The first-order valence-corrected chi connectivity index (χ1v) is 8.00. The van der Waals surface area contributed by atoms with Crippen molar-refractivity contribution in [3.05, 3.63) is 29.8 Å². The van der Waals surface area contributed by atoms with Gasteiger partial charge < -0.3 is 19.9 Å². The number of nitrogens with one attached hydrogen (secondary N) is 1. The average molecular weight is 354 g/mol.